The zero-order chi connectivity index (χ0) is 19.9. The van der Waals surface area contributed by atoms with Crippen molar-refractivity contribution in [1.29, 1.82) is 0 Å². The van der Waals surface area contributed by atoms with Crippen LogP contribution in [-0.4, -0.2) is 6.61 Å². The third-order valence-electron chi connectivity index (χ3n) is 4.33. The fourth-order valence-corrected chi connectivity index (χ4v) is 3.34. The summed E-state index contributed by atoms with van der Waals surface area (Å²) in [5.74, 6) is 1.16. The largest absolute Gasteiger partial charge is 0.490 e. The molecule has 3 aromatic rings. The minimum absolute atomic E-state index is 0.320. The Labute approximate surface area is 176 Å². The fourth-order valence-electron chi connectivity index (χ4n) is 2.86. The van der Waals surface area contributed by atoms with Crippen LogP contribution in [0.25, 0.3) is 0 Å². The van der Waals surface area contributed by atoms with Crippen LogP contribution in [0.4, 0.5) is 5.69 Å². The molecular weight excluding hydrogens is 393 g/mol. The Morgan fingerprint density at radius 2 is 1.64 bits per heavy atom. The summed E-state index contributed by atoms with van der Waals surface area (Å²) in [4.78, 5) is 0. The van der Waals surface area contributed by atoms with E-state index in [2.05, 4.69) is 24.4 Å². The minimum Gasteiger partial charge on any atom is -0.490 e. The molecule has 3 nitrogen and oxygen atoms in total. The van der Waals surface area contributed by atoms with E-state index in [1.807, 2.05) is 55.5 Å². The molecule has 0 amide bonds. The van der Waals surface area contributed by atoms with Gasteiger partial charge in [-0.1, -0.05) is 59.6 Å². The second-order valence-electron chi connectivity index (χ2n) is 6.39. The minimum atomic E-state index is 0.320. The molecule has 0 radical (unpaired) electrons. The van der Waals surface area contributed by atoms with Gasteiger partial charge in [0.1, 0.15) is 6.61 Å². The number of aryl methyl sites for hydroxylation is 1. The second kappa shape index (κ2) is 9.72. The predicted molar refractivity (Wildman–Crippen MR) is 117 cm³/mol. The van der Waals surface area contributed by atoms with Gasteiger partial charge in [0, 0.05) is 22.8 Å². The lowest BCUT2D eigenvalue weighted by Gasteiger charge is -2.16. The van der Waals surface area contributed by atoms with Gasteiger partial charge in [-0.25, -0.2) is 0 Å². The average Bonchev–Trinajstić information content (AvgIpc) is 2.68. The summed E-state index contributed by atoms with van der Waals surface area (Å²) < 4.78 is 11.7. The van der Waals surface area contributed by atoms with E-state index in [0.29, 0.717) is 41.3 Å². The SMILES string of the molecule is CCOc1cc(CNc2ccccc2C)cc(Cl)c1OCc1ccccc1Cl. The summed E-state index contributed by atoms with van der Waals surface area (Å²) in [5.41, 5.74) is 4.20. The molecule has 0 spiro atoms. The van der Waals surface area contributed by atoms with Crippen molar-refractivity contribution in [1.82, 2.24) is 0 Å². The molecule has 0 aliphatic rings. The Morgan fingerprint density at radius 3 is 2.39 bits per heavy atom. The molecular formula is C23H23Cl2NO2. The summed E-state index contributed by atoms with van der Waals surface area (Å²) >= 11 is 12.7. The summed E-state index contributed by atoms with van der Waals surface area (Å²) in [6.45, 7) is 5.49. The first-order chi connectivity index (χ1) is 13.6. The van der Waals surface area contributed by atoms with Crippen LogP contribution < -0.4 is 14.8 Å². The number of hydrogen-bond acceptors (Lipinski definition) is 3. The van der Waals surface area contributed by atoms with Gasteiger partial charge in [0.05, 0.1) is 11.6 Å². The maximum atomic E-state index is 6.52. The number of anilines is 1. The lowest BCUT2D eigenvalue weighted by Crippen LogP contribution is -2.04. The first-order valence-electron chi connectivity index (χ1n) is 9.19. The predicted octanol–water partition coefficient (Wildman–Crippen LogP) is 6.89. The summed E-state index contributed by atoms with van der Waals surface area (Å²) in [6, 6.07) is 19.6. The molecule has 146 valence electrons. The highest BCUT2D eigenvalue weighted by Gasteiger charge is 2.14. The molecule has 28 heavy (non-hydrogen) atoms. The first-order valence-corrected chi connectivity index (χ1v) is 9.95. The van der Waals surface area contributed by atoms with Gasteiger partial charge < -0.3 is 14.8 Å². The molecule has 1 N–H and O–H groups in total. The molecule has 0 unspecified atom stereocenters. The maximum Gasteiger partial charge on any atom is 0.180 e. The van der Waals surface area contributed by atoms with Crippen LogP contribution >= 0.6 is 23.2 Å². The van der Waals surface area contributed by atoms with Gasteiger partial charge in [0.15, 0.2) is 11.5 Å². The average molecular weight is 416 g/mol. The molecule has 0 aliphatic heterocycles. The van der Waals surface area contributed by atoms with Crippen LogP contribution in [0.2, 0.25) is 10.0 Å². The second-order valence-corrected chi connectivity index (χ2v) is 7.20. The number of para-hydroxylation sites is 1. The topological polar surface area (TPSA) is 30.5 Å². The molecule has 0 aromatic heterocycles. The van der Waals surface area contributed by atoms with Crippen LogP contribution in [0.3, 0.4) is 0 Å². The van der Waals surface area contributed by atoms with E-state index in [0.717, 1.165) is 16.8 Å². The van der Waals surface area contributed by atoms with Crippen molar-refractivity contribution in [2.45, 2.75) is 27.0 Å². The molecule has 5 heteroatoms. The van der Waals surface area contributed by atoms with Crippen molar-refractivity contribution >= 4 is 28.9 Å². The van der Waals surface area contributed by atoms with Crippen LogP contribution in [0, 0.1) is 6.92 Å². The third kappa shape index (κ3) is 5.12. The maximum absolute atomic E-state index is 6.52. The van der Waals surface area contributed by atoms with E-state index in [1.54, 1.807) is 0 Å². The molecule has 3 rings (SSSR count). The van der Waals surface area contributed by atoms with E-state index in [9.17, 15) is 0 Å². The highest BCUT2D eigenvalue weighted by Crippen LogP contribution is 2.38. The Kier molecular flexibility index (Phi) is 7.07. The number of nitrogens with one attached hydrogen (secondary N) is 1. The van der Waals surface area contributed by atoms with Gasteiger partial charge in [-0.05, 0) is 49.2 Å². The van der Waals surface area contributed by atoms with Gasteiger partial charge in [-0.3, -0.25) is 0 Å². The number of benzene rings is 3. The Bertz CT molecular complexity index is 944. The molecule has 0 atom stereocenters. The van der Waals surface area contributed by atoms with Gasteiger partial charge in [-0.2, -0.15) is 0 Å². The smallest absolute Gasteiger partial charge is 0.180 e. The van der Waals surface area contributed by atoms with Crippen molar-refractivity contribution in [3.8, 4) is 11.5 Å². The van der Waals surface area contributed by atoms with E-state index in [-0.39, 0.29) is 0 Å². The Balaban J connectivity index is 1.77. The van der Waals surface area contributed by atoms with Crippen molar-refractivity contribution in [3.63, 3.8) is 0 Å². The number of hydrogen-bond donors (Lipinski definition) is 1. The number of ether oxygens (including phenoxy) is 2. The number of halogens is 2. The Morgan fingerprint density at radius 1 is 0.893 bits per heavy atom. The van der Waals surface area contributed by atoms with Crippen molar-refractivity contribution in [2.75, 3.05) is 11.9 Å². The highest BCUT2D eigenvalue weighted by molar-refractivity contribution is 6.32. The summed E-state index contributed by atoms with van der Waals surface area (Å²) in [6.07, 6.45) is 0. The molecule has 0 saturated heterocycles. The van der Waals surface area contributed by atoms with Gasteiger partial charge >= 0.3 is 0 Å². The molecule has 0 heterocycles. The van der Waals surface area contributed by atoms with Crippen molar-refractivity contribution in [3.05, 3.63) is 87.4 Å². The van der Waals surface area contributed by atoms with Crippen molar-refractivity contribution < 1.29 is 9.47 Å². The monoisotopic (exact) mass is 415 g/mol. The molecule has 0 bridgehead atoms. The lowest BCUT2D eigenvalue weighted by atomic mass is 10.1. The van der Waals surface area contributed by atoms with E-state index in [4.69, 9.17) is 32.7 Å². The van der Waals surface area contributed by atoms with E-state index in [1.165, 1.54) is 5.56 Å². The van der Waals surface area contributed by atoms with Gasteiger partial charge in [0.25, 0.3) is 0 Å². The van der Waals surface area contributed by atoms with Crippen LogP contribution in [0.1, 0.15) is 23.6 Å². The van der Waals surface area contributed by atoms with Gasteiger partial charge in [0.2, 0.25) is 0 Å². The zero-order valence-corrected chi connectivity index (χ0v) is 17.5. The first kappa shape index (κ1) is 20.4. The normalized spacial score (nSPS) is 10.6. The third-order valence-corrected chi connectivity index (χ3v) is 4.98. The highest BCUT2D eigenvalue weighted by atomic mass is 35.5. The van der Waals surface area contributed by atoms with Crippen LogP contribution in [-0.2, 0) is 13.2 Å². The standard InChI is InChI=1S/C23H23Cl2NO2/c1-3-27-22-13-17(14-26-21-11-7-4-8-16(21)2)12-20(25)23(22)28-15-18-9-5-6-10-19(18)24/h4-13,26H,3,14-15H2,1-2H3. The quantitative estimate of drug-likeness (QED) is 0.434. The summed E-state index contributed by atoms with van der Waals surface area (Å²) in [5, 5.41) is 4.61. The van der Waals surface area contributed by atoms with Crippen LogP contribution in [0.15, 0.2) is 60.7 Å². The van der Waals surface area contributed by atoms with E-state index < -0.39 is 0 Å². The van der Waals surface area contributed by atoms with E-state index >= 15 is 0 Å². The van der Waals surface area contributed by atoms with Crippen LogP contribution in [0.5, 0.6) is 11.5 Å². The summed E-state index contributed by atoms with van der Waals surface area (Å²) in [7, 11) is 0. The Hall–Kier alpha value is -2.36. The van der Waals surface area contributed by atoms with Gasteiger partial charge in [-0.15, -0.1) is 0 Å². The zero-order valence-electron chi connectivity index (χ0n) is 16.0. The number of rotatable bonds is 8. The lowest BCUT2D eigenvalue weighted by molar-refractivity contribution is 0.269. The van der Waals surface area contributed by atoms with Crippen molar-refractivity contribution in [2.24, 2.45) is 0 Å². The fraction of sp³-hybridized carbons (Fsp3) is 0.217. The molecule has 0 aliphatic carbocycles. The molecule has 3 aromatic carbocycles. The molecule has 0 fully saturated rings. The molecule has 0 saturated carbocycles.